The Bertz CT molecular complexity index is 1240. The zero-order valence-corrected chi connectivity index (χ0v) is 18.3. The van der Waals surface area contributed by atoms with Crippen LogP contribution in [0.3, 0.4) is 0 Å². The smallest absolute Gasteiger partial charge is 0.409 e. The predicted molar refractivity (Wildman–Crippen MR) is 122 cm³/mol. The Labute approximate surface area is 190 Å². The maximum Gasteiger partial charge on any atom is 0.409 e. The molecule has 1 atom stereocenters. The highest BCUT2D eigenvalue weighted by Gasteiger charge is 2.37. The third kappa shape index (κ3) is 5.69. The van der Waals surface area contributed by atoms with Gasteiger partial charge in [-0.2, -0.15) is 0 Å². The van der Waals surface area contributed by atoms with E-state index >= 15 is 0 Å². The van der Waals surface area contributed by atoms with Crippen LogP contribution in [-0.2, 0) is 16.4 Å². The Morgan fingerprint density at radius 1 is 1.09 bits per heavy atom. The standard InChI is InChI=1S/C22H23N5O5S/c28-21(26-33(31,32)18-10-11-18)25-19(14-15-4-2-1-3-5-15)20-23-12-13-27(20)17-8-6-16(7-9-17)24-22(29)30/h1-9,12-13,18-19,24H,10-11,14H2,(H,29,30)(H2,25,26,28). The van der Waals surface area contributed by atoms with Gasteiger partial charge in [-0.25, -0.2) is 27.7 Å². The molecule has 10 nitrogen and oxygen atoms in total. The highest BCUT2D eigenvalue weighted by Crippen LogP contribution is 2.27. The highest BCUT2D eigenvalue weighted by molar-refractivity contribution is 7.90. The Kier molecular flexibility index (Phi) is 6.31. The van der Waals surface area contributed by atoms with Gasteiger partial charge in [0.2, 0.25) is 10.0 Å². The number of aromatic nitrogens is 2. The molecule has 1 aliphatic rings. The summed E-state index contributed by atoms with van der Waals surface area (Å²) in [5.74, 6) is 0.497. The fraction of sp³-hybridized carbons (Fsp3) is 0.227. The molecule has 0 bridgehead atoms. The van der Waals surface area contributed by atoms with Crippen LogP contribution in [0.1, 0.15) is 30.3 Å². The number of carboxylic acid groups (broad SMARTS) is 1. The van der Waals surface area contributed by atoms with E-state index in [4.69, 9.17) is 5.11 Å². The van der Waals surface area contributed by atoms with E-state index in [2.05, 4.69) is 20.3 Å². The van der Waals surface area contributed by atoms with Crippen LogP contribution in [0.4, 0.5) is 15.3 Å². The number of amides is 3. The third-order valence-corrected chi connectivity index (χ3v) is 6.98. The second kappa shape index (κ2) is 9.33. The van der Waals surface area contributed by atoms with Gasteiger partial charge in [0.25, 0.3) is 0 Å². The lowest BCUT2D eigenvalue weighted by molar-refractivity contribution is 0.209. The fourth-order valence-electron chi connectivity index (χ4n) is 3.46. The number of urea groups is 1. The van der Waals surface area contributed by atoms with E-state index in [9.17, 15) is 18.0 Å². The van der Waals surface area contributed by atoms with Gasteiger partial charge in [0.15, 0.2) is 0 Å². The molecule has 4 rings (SSSR count). The summed E-state index contributed by atoms with van der Waals surface area (Å²) in [5.41, 5.74) is 2.05. The molecule has 0 radical (unpaired) electrons. The van der Waals surface area contributed by atoms with Crippen LogP contribution >= 0.6 is 0 Å². The number of nitrogens with one attached hydrogen (secondary N) is 3. The molecule has 1 unspecified atom stereocenters. The Morgan fingerprint density at radius 2 is 1.79 bits per heavy atom. The topological polar surface area (TPSA) is 142 Å². The second-order valence-electron chi connectivity index (χ2n) is 7.69. The van der Waals surface area contributed by atoms with Crippen LogP contribution in [0.15, 0.2) is 67.0 Å². The first kappa shape index (κ1) is 22.3. The third-order valence-electron chi connectivity index (χ3n) is 5.16. The number of carbonyl (C=O) groups is 2. The lowest BCUT2D eigenvalue weighted by atomic mass is 10.1. The number of hydrogen-bond acceptors (Lipinski definition) is 5. The molecule has 1 heterocycles. The summed E-state index contributed by atoms with van der Waals surface area (Å²) in [5, 5.41) is 13.4. The summed E-state index contributed by atoms with van der Waals surface area (Å²) >= 11 is 0. The van der Waals surface area contributed by atoms with Crippen LogP contribution < -0.4 is 15.4 Å². The van der Waals surface area contributed by atoms with E-state index in [0.29, 0.717) is 36.5 Å². The molecule has 11 heteroatoms. The zero-order chi connectivity index (χ0) is 23.4. The lowest BCUT2D eigenvalue weighted by Crippen LogP contribution is -2.43. The average molecular weight is 470 g/mol. The molecule has 1 aromatic heterocycles. The number of carbonyl (C=O) groups excluding carboxylic acids is 1. The first-order chi connectivity index (χ1) is 15.8. The van der Waals surface area contributed by atoms with Crippen molar-refractivity contribution in [1.82, 2.24) is 19.6 Å². The Morgan fingerprint density at radius 3 is 2.42 bits per heavy atom. The van der Waals surface area contributed by atoms with E-state index in [-0.39, 0.29) is 0 Å². The Hall–Kier alpha value is -3.86. The monoisotopic (exact) mass is 469 g/mol. The van der Waals surface area contributed by atoms with Crippen molar-refractivity contribution >= 4 is 27.8 Å². The molecule has 0 saturated heterocycles. The van der Waals surface area contributed by atoms with Crippen molar-refractivity contribution in [2.24, 2.45) is 0 Å². The molecular formula is C22H23N5O5S. The Balaban J connectivity index is 1.60. The van der Waals surface area contributed by atoms with Crippen molar-refractivity contribution in [2.75, 3.05) is 5.32 Å². The van der Waals surface area contributed by atoms with Gasteiger partial charge in [-0.1, -0.05) is 30.3 Å². The SMILES string of the molecule is O=C(O)Nc1ccc(-n2ccnc2C(Cc2ccccc2)NC(=O)NS(=O)(=O)C2CC2)cc1. The van der Waals surface area contributed by atoms with Gasteiger partial charge in [-0.05, 0) is 49.1 Å². The number of hydrogen-bond donors (Lipinski definition) is 4. The number of anilines is 1. The summed E-state index contributed by atoms with van der Waals surface area (Å²) in [6, 6.07) is 14.7. The maximum absolute atomic E-state index is 12.6. The summed E-state index contributed by atoms with van der Waals surface area (Å²) in [4.78, 5) is 27.8. The average Bonchev–Trinajstić information content (AvgIpc) is 3.52. The van der Waals surface area contributed by atoms with Crippen LogP contribution in [0.25, 0.3) is 5.69 Å². The highest BCUT2D eigenvalue weighted by atomic mass is 32.2. The zero-order valence-electron chi connectivity index (χ0n) is 17.5. The van der Waals surface area contributed by atoms with Crippen molar-refractivity contribution < 1.29 is 23.1 Å². The molecule has 0 spiro atoms. The minimum absolute atomic E-state index is 0.382. The molecule has 172 valence electrons. The molecule has 2 aromatic carbocycles. The van der Waals surface area contributed by atoms with Crippen LogP contribution in [0.2, 0.25) is 0 Å². The van der Waals surface area contributed by atoms with Crippen molar-refractivity contribution in [1.29, 1.82) is 0 Å². The van der Waals surface area contributed by atoms with Gasteiger partial charge in [0.1, 0.15) is 5.82 Å². The van der Waals surface area contributed by atoms with Gasteiger partial charge in [0, 0.05) is 23.8 Å². The minimum Gasteiger partial charge on any atom is -0.465 e. The molecule has 1 aliphatic carbocycles. The van der Waals surface area contributed by atoms with E-state index in [0.717, 1.165) is 5.56 Å². The fourth-order valence-corrected chi connectivity index (χ4v) is 4.70. The largest absolute Gasteiger partial charge is 0.465 e. The second-order valence-corrected chi connectivity index (χ2v) is 9.66. The van der Waals surface area contributed by atoms with Crippen molar-refractivity contribution in [3.8, 4) is 5.69 Å². The number of sulfonamides is 1. The predicted octanol–water partition coefficient (Wildman–Crippen LogP) is 3.04. The van der Waals surface area contributed by atoms with Gasteiger partial charge in [-0.15, -0.1) is 0 Å². The van der Waals surface area contributed by atoms with E-state index in [1.807, 2.05) is 30.3 Å². The summed E-state index contributed by atoms with van der Waals surface area (Å²) in [6.45, 7) is 0. The van der Waals surface area contributed by atoms with E-state index < -0.39 is 33.4 Å². The summed E-state index contributed by atoms with van der Waals surface area (Å²) < 4.78 is 28.2. The molecule has 3 amide bonds. The number of rotatable bonds is 8. The van der Waals surface area contributed by atoms with E-state index in [1.165, 1.54) is 0 Å². The number of benzene rings is 2. The van der Waals surface area contributed by atoms with Gasteiger partial charge < -0.3 is 15.0 Å². The molecule has 3 aromatic rings. The molecule has 0 aliphatic heterocycles. The molecule has 1 saturated carbocycles. The molecular weight excluding hydrogens is 446 g/mol. The molecule has 4 N–H and O–H groups in total. The first-order valence-corrected chi connectivity index (χ1v) is 11.9. The van der Waals surface area contributed by atoms with Crippen molar-refractivity contribution in [3.63, 3.8) is 0 Å². The lowest BCUT2D eigenvalue weighted by Gasteiger charge is -2.20. The molecule has 1 fully saturated rings. The normalized spacial score (nSPS) is 14.3. The van der Waals surface area contributed by atoms with Gasteiger partial charge in [0.05, 0.1) is 11.3 Å². The van der Waals surface area contributed by atoms with Crippen LogP contribution in [-0.4, -0.2) is 40.4 Å². The van der Waals surface area contributed by atoms with Gasteiger partial charge in [-0.3, -0.25) is 5.32 Å². The summed E-state index contributed by atoms with van der Waals surface area (Å²) in [6.07, 6.45) is 3.61. The molecule has 33 heavy (non-hydrogen) atoms. The first-order valence-electron chi connectivity index (χ1n) is 10.3. The number of nitrogens with zero attached hydrogens (tertiary/aromatic N) is 2. The van der Waals surface area contributed by atoms with E-state index in [1.54, 1.807) is 41.2 Å². The minimum atomic E-state index is -3.69. The maximum atomic E-state index is 12.6. The van der Waals surface area contributed by atoms with Gasteiger partial charge >= 0.3 is 12.1 Å². The summed E-state index contributed by atoms with van der Waals surface area (Å²) in [7, 11) is -3.69. The quantitative estimate of drug-likeness (QED) is 0.399. The van der Waals surface area contributed by atoms with Crippen LogP contribution in [0, 0.1) is 0 Å². The number of imidazole rings is 1. The van der Waals surface area contributed by atoms with Crippen LogP contribution in [0.5, 0.6) is 0 Å². The van der Waals surface area contributed by atoms with Crippen molar-refractivity contribution in [2.45, 2.75) is 30.6 Å². The van der Waals surface area contributed by atoms with Crippen molar-refractivity contribution in [3.05, 3.63) is 78.4 Å².